The molecule has 21 heavy (non-hydrogen) atoms. The number of rotatable bonds is 4. The summed E-state index contributed by atoms with van der Waals surface area (Å²) in [7, 11) is 0. The Morgan fingerprint density at radius 3 is 2.81 bits per heavy atom. The van der Waals surface area contributed by atoms with E-state index >= 15 is 0 Å². The van der Waals surface area contributed by atoms with Crippen LogP contribution in [0.2, 0.25) is 0 Å². The first kappa shape index (κ1) is 13.7. The van der Waals surface area contributed by atoms with E-state index < -0.39 is 0 Å². The number of carbonyl (C=O) groups excluding carboxylic acids is 1. The molecule has 0 bridgehead atoms. The Bertz CT molecular complexity index is 563. The summed E-state index contributed by atoms with van der Waals surface area (Å²) in [6.45, 7) is 0.525. The number of pyridine rings is 1. The van der Waals surface area contributed by atoms with Gasteiger partial charge in [-0.3, -0.25) is 9.78 Å². The largest absolute Gasteiger partial charge is 0.328 e. The fraction of sp³-hybridized carbons (Fsp3) is 0.467. The second-order valence-corrected chi connectivity index (χ2v) is 5.40. The van der Waals surface area contributed by atoms with Crippen molar-refractivity contribution in [1.82, 2.24) is 25.3 Å². The van der Waals surface area contributed by atoms with Crippen molar-refractivity contribution in [1.29, 1.82) is 0 Å². The van der Waals surface area contributed by atoms with Crippen molar-refractivity contribution in [2.75, 3.05) is 0 Å². The number of hydrogen-bond acceptors (Lipinski definition) is 4. The number of amides is 1. The van der Waals surface area contributed by atoms with Gasteiger partial charge in [-0.15, -0.1) is 0 Å². The summed E-state index contributed by atoms with van der Waals surface area (Å²) in [4.78, 5) is 18.9. The second kappa shape index (κ2) is 6.47. The molecular weight excluding hydrogens is 266 g/mol. The molecule has 2 aromatic rings. The van der Waals surface area contributed by atoms with Gasteiger partial charge in [0.1, 0.15) is 0 Å². The number of H-pyrrole nitrogens is 1. The molecule has 3 rings (SSSR count). The standard InChI is InChI=1S/C15H19N5O/c21-15(14-10-17-19-18-14)20(13-7-2-1-3-8-13)11-12-6-4-5-9-16-12/h4-6,9-10,13H,1-3,7-8,11H2,(H,17,18,19). The Labute approximate surface area is 123 Å². The molecule has 2 heterocycles. The van der Waals surface area contributed by atoms with E-state index in [2.05, 4.69) is 20.4 Å². The van der Waals surface area contributed by atoms with E-state index in [1.165, 1.54) is 25.5 Å². The van der Waals surface area contributed by atoms with Crippen molar-refractivity contribution >= 4 is 5.91 Å². The van der Waals surface area contributed by atoms with Crippen molar-refractivity contribution in [3.8, 4) is 0 Å². The van der Waals surface area contributed by atoms with Crippen LogP contribution in [-0.2, 0) is 6.54 Å². The van der Waals surface area contributed by atoms with Gasteiger partial charge in [0.05, 0.1) is 18.4 Å². The molecule has 0 spiro atoms. The number of aromatic amines is 1. The highest BCUT2D eigenvalue weighted by Crippen LogP contribution is 2.25. The number of nitrogens with zero attached hydrogens (tertiary/aromatic N) is 4. The van der Waals surface area contributed by atoms with E-state index in [0.29, 0.717) is 12.2 Å². The van der Waals surface area contributed by atoms with Crippen LogP contribution in [0, 0.1) is 0 Å². The zero-order chi connectivity index (χ0) is 14.5. The highest BCUT2D eigenvalue weighted by Gasteiger charge is 2.27. The molecule has 6 heteroatoms. The van der Waals surface area contributed by atoms with Gasteiger partial charge in [0.15, 0.2) is 5.69 Å². The summed E-state index contributed by atoms with van der Waals surface area (Å²) in [5.41, 5.74) is 1.27. The molecule has 0 radical (unpaired) electrons. The van der Waals surface area contributed by atoms with Crippen LogP contribution in [0.5, 0.6) is 0 Å². The molecule has 0 aliphatic heterocycles. The van der Waals surface area contributed by atoms with Crippen LogP contribution in [0.25, 0.3) is 0 Å². The molecule has 1 aliphatic rings. The number of hydrogen-bond donors (Lipinski definition) is 1. The van der Waals surface area contributed by atoms with E-state index in [1.807, 2.05) is 23.1 Å². The molecule has 1 aliphatic carbocycles. The van der Waals surface area contributed by atoms with Crippen molar-refractivity contribution in [3.63, 3.8) is 0 Å². The van der Waals surface area contributed by atoms with Gasteiger partial charge in [-0.05, 0) is 25.0 Å². The van der Waals surface area contributed by atoms with Gasteiger partial charge in [-0.25, -0.2) is 0 Å². The van der Waals surface area contributed by atoms with Gasteiger partial charge in [0, 0.05) is 12.2 Å². The van der Waals surface area contributed by atoms with E-state index in [-0.39, 0.29) is 11.9 Å². The van der Waals surface area contributed by atoms with Crippen molar-refractivity contribution < 1.29 is 4.79 Å². The first-order valence-corrected chi connectivity index (χ1v) is 7.41. The summed E-state index contributed by atoms with van der Waals surface area (Å²) in [6, 6.07) is 6.05. The van der Waals surface area contributed by atoms with Crippen LogP contribution >= 0.6 is 0 Å². The normalized spacial score (nSPS) is 15.8. The average Bonchev–Trinajstić information content (AvgIpc) is 3.08. The quantitative estimate of drug-likeness (QED) is 0.934. The lowest BCUT2D eigenvalue weighted by atomic mass is 9.94. The number of nitrogens with one attached hydrogen (secondary N) is 1. The maximum atomic E-state index is 12.7. The molecule has 2 aromatic heterocycles. The smallest absolute Gasteiger partial charge is 0.276 e. The number of aromatic nitrogens is 4. The van der Waals surface area contributed by atoms with E-state index in [0.717, 1.165) is 18.5 Å². The van der Waals surface area contributed by atoms with Crippen LogP contribution in [0.1, 0.15) is 48.3 Å². The van der Waals surface area contributed by atoms with Crippen LogP contribution in [0.3, 0.4) is 0 Å². The lowest BCUT2D eigenvalue weighted by molar-refractivity contribution is 0.0605. The average molecular weight is 285 g/mol. The summed E-state index contributed by atoms with van der Waals surface area (Å²) in [5, 5.41) is 10.2. The van der Waals surface area contributed by atoms with Crippen LogP contribution < -0.4 is 0 Å². The third-order valence-electron chi connectivity index (χ3n) is 3.97. The molecule has 0 unspecified atom stereocenters. The van der Waals surface area contributed by atoms with Gasteiger partial charge >= 0.3 is 0 Å². The van der Waals surface area contributed by atoms with Crippen LogP contribution in [0.15, 0.2) is 30.6 Å². The topological polar surface area (TPSA) is 74.8 Å². The molecule has 0 aromatic carbocycles. The van der Waals surface area contributed by atoms with Gasteiger partial charge in [0.25, 0.3) is 5.91 Å². The van der Waals surface area contributed by atoms with E-state index in [4.69, 9.17) is 0 Å². The predicted molar refractivity (Wildman–Crippen MR) is 77.4 cm³/mol. The lowest BCUT2D eigenvalue weighted by Gasteiger charge is -2.33. The minimum absolute atomic E-state index is 0.0682. The zero-order valence-corrected chi connectivity index (χ0v) is 11.9. The van der Waals surface area contributed by atoms with Gasteiger partial charge in [0.2, 0.25) is 0 Å². The van der Waals surface area contributed by atoms with Crippen molar-refractivity contribution in [3.05, 3.63) is 42.0 Å². The summed E-state index contributed by atoms with van der Waals surface area (Å²) >= 11 is 0. The minimum atomic E-state index is -0.0682. The molecule has 1 amide bonds. The second-order valence-electron chi connectivity index (χ2n) is 5.40. The monoisotopic (exact) mass is 285 g/mol. The third-order valence-corrected chi connectivity index (χ3v) is 3.97. The zero-order valence-electron chi connectivity index (χ0n) is 11.9. The molecule has 0 atom stereocenters. The Morgan fingerprint density at radius 1 is 1.29 bits per heavy atom. The Morgan fingerprint density at radius 2 is 2.14 bits per heavy atom. The fourth-order valence-corrected chi connectivity index (χ4v) is 2.88. The first-order chi connectivity index (χ1) is 10.3. The fourth-order valence-electron chi connectivity index (χ4n) is 2.88. The molecule has 1 fully saturated rings. The Hall–Kier alpha value is -2.24. The molecule has 0 saturated heterocycles. The molecular formula is C15H19N5O. The number of carbonyl (C=O) groups is 1. The van der Waals surface area contributed by atoms with Crippen LogP contribution in [-0.4, -0.2) is 37.2 Å². The SMILES string of the molecule is O=C(c1cn[nH]n1)N(Cc1ccccn1)C1CCCCC1. The van der Waals surface area contributed by atoms with Gasteiger partial charge in [-0.2, -0.15) is 15.4 Å². The van der Waals surface area contributed by atoms with E-state index in [9.17, 15) is 4.79 Å². The highest BCUT2D eigenvalue weighted by molar-refractivity contribution is 5.92. The molecule has 1 saturated carbocycles. The molecule has 1 N–H and O–H groups in total. The molecule has 6 nitrogen and oxygen atoms in total. The summed E-state index contributed by atoms with van der Waals surface area (Å²) < 4.78 is 0. The van der Waals surface area contributed by atoms with Crippen LogP contribution in [0.4, 0.5) is 0 Å². The van der Waals surface area contributed by atoms with E-state index in [1.54, 1.807) is 6.20 Å². The van der Waals surface area contributed by atoms with Gasteiger partial charge in [-0.1, -0.05) is 25.3 Å². The summed E-state index contributed by atoms with van der Waals surface area (Å²) in [6.07, 6.45) is 8.95. The van der Waals surface area contributed by atoms with Crippen molar-refractivity contribution in [2.24, 2.45) is 0 Å². The Balaban J connectivity index is 1.81. The maximum Gasteiger partial charge on any atom is 0.276 e. The molecule has 110 valence electrons. The lowest BCUT2D eigenvalue weighted by Crippen LogP contribution is -2.41. The predicted octanol–water partition coefficient (Wildman–Crippen LogP) is 2.17. The van der Waals surface area contributed by atoms with Crippen molar-refractivity contribution in [2.45, 2.75) is 44.7 Å². The summed E-state index contributed by atoms with van der Waals surface area (Å²) in [5.74, 6) is -0.0682. The third kappa shape index (κ3) is 3.26. The maximum absolute atomic E-state index is 12.7. The highest BCUT2D eigenvalue weighted by atomic mass is 16.2. The minimum Gasteiger partial charge on any atom is -0.328 e. The van der Waals surface area contributed by atoms with Gasteiger partial charge < -0.3 is 4.90 Å². The Kier molecular flexibility index (Phi) is 4.23. The first-order valence-electron chi connectivity index (χ1n) is 7.41.